The molecule has 0 unspecified atom stereocenters. The Morgan fingerprint density at radius 3 is 2.43 bits per heavy atom. The van der Waals surface area contributed by atoms with Crippen molar-refractivity contribution in [1.29, 1.82) is 0 Å². The second-order valence-electron chi connectivity index (χ2n) is 2.44. The molecule has 78 valence electrons. The molecule has 2 nitrogen and oxygen atoms in total. The van der Waals surface area contributed by atoms with Crippen molar-refractivity contribution < 1.29 is 27.1 Å². The highest BCUT2D eigenvalue weighted by molar-refractivity contribution is 9.12. The van der Waals surface area contributed by atoms with Gasteiger partial charge in [-0.15, -0.1) is 13.2 Å². The molecule has 1 aliphatic rings. The topological polar surface area (TPSA) is 26.3 Å². The Morgan fingerprint density at radius 1 is 1.43 bits per heavy atom. The van der Waals surface area contributed by atoms with Crippen LogP contribution in [0.4, 0.5) is 17.6 Å². The van der Waals surface area contributed by atoms with Crippen molar-refractivity contribution in [3.8, 4) is 0 Å². The van der Waals surface area contributed by atoms with Crippen molar-refractivity contribution in [2.45, 2.75) is 12.2 Å². The first-order chi connectivity index (χ1) is 6.22. The number of rotatable bonds is 1. The van der Waals surface area contributed by atoms with Crippen LogP contribution in [0.2, 0.25) is 0 Å². The molecule has 0 bridgehead atoms. The molecular formula is C7H3BrF4O2. The molecular weight excluding hydrogens is 272 g/mol. The van der Waals surface area contributed by atoms with E-state index in [4.69, 9.17) is 0 Å². The number of ketones is 1. The molecule has 0 fully saturated rings. The lowest BCUT2D eigenvalue weighted by Gasteiger charge is -2.22. The molecule has 0 aliphatic heterocycles. The molecule has 7 heteroatoms. The highest BCUT2D eigenvalue weighted by Gasteiger charge is 2.43. The number of ether oxygens (including phenoxy) is 1. The van der Waals surface area contributed by atoms with Crippen LogP contribution in [0.15, 0.2) is 22.7 Å². The van der Waals surface area contributed by atoms with E-state index in [1.807, 2.05) is 0 Å². The standard InChI is InChI=1S/C7H3BrF4O2/c8-4-3-6(9,2-1-5(4)13)14-7(10,11)12/h1-3H/t6-/m1/s1. The fraction of sp³-hybridized carbons (Fsp3) is 0.286. The lowest BCUT2D eigenvalue weighted by Crippen LogP contribution is -2.32. The summed E-state index contributed by atoms with van der Waals surface area (Å²) in [7, 11) is 0. The van der Waals surface area contributed by atoms with Gasteiger partial charge in [0.1, 0.15) is 0 Å². The van der Waals surface area contributed by atoms with Crippen LogP contribution in [-0.2, 0) is 9.53 Å². The van der Waals surface area contributed by atoms with E-state index in [0.717, 1.165) is 0 Å². The van der Waals surface area contributed by atoms with Crippen LogP contribution in [0.1, 0.15) is 0 Å². The van der Waals surface area contributed by atoms with Crippen molar-refractivity contribution in [3.05, 3.63) is 22.7 Å². The maximum Gasteiger partial charge on any atom is 0.525 e. The lowest BCUT2D eigenvalue weighted by atomic mass is 10.1. The van der Waals surface area contributed by atoms with Crippen molar-refractivity contribution in [3.63, 3.8) is 0 Å². The van der Waals surface area contributed by atoms with Crippen molar-refractivity contribution in [1.82, 2.24) is 0 Å². The molecule has 0 radical (unpaired) electrons. The minimum Gasteiger partial charge on any atom is -0.289 e. The van der Waals surface area contributed by atoms with Gasteiger partial charge in [-0.2, -0.15) is 0 Å². The van der Waals surface area contributed by atoms with Crippen molar-refractivity contribution >= 4 is 21.7 Å². The van der Waals surface area contributed by atoms with E-state index in [1.165, 1.54) is 0 Å². The summed E-state index contributed by atoms with van der Waals surface area (Å²) in [5.41, 5.74) is 0. The largest absolute Gasteiger partial charge is 0.525 e. The maximum atomic E-state index is 13.2. The molecule has 0 aromatic rings. The summed E-state index contributed by atoms with van der Waals surface area (Å²) in [5.74, 6) is -3.74. The van der Waals surface area contributed by atoms with Crippen LogP contribution < -0.4 is 0 Å². The van der Waals surface area contributed by atoms with Crippen LogP contribution in [0.5, 0.6) is 0 Å². The zero-order valence-electron chi connectivity index (χ0n) is 6.44. The van der Waals surface area contributed by atoms with E-state index in [0.29, 0.717) is 18.2 Å². The second kappa shape index (κ2) is 3.47. The van der Waals surface area contributed by atoms with E-state index in [9.17, 15) is 22.4 Å². The molecule has 1 rings (SSSR count). The molecule has 0 aromatic carbocycles. The third kappa shape index (κ3) is 2.91. The SMILES string of the molecule is O=C1C=C[C@@](F)(OC(F)(F)F)C=C1Br. The number of hydrogen-bond acceptors (Lipinski definition) is 2. The van der Waals surface area contributed by atoms with E-state index >= 15 is 0 Å². The van der Waals surface area contributed by atoms with Gasteiger partial charge in [0.2, 0.25) is 0 Å². The second-order valence-corrected chi connectivity index (χ2v) is 3.29. The van der Waals surface area contributed by atoms with Gasteiger partial charge < -0.3 is 0 Å². The van der Waals surface area contributed by atoms with Crippen molar-refractivity contribution in [2.75, 3.05) is 0 Å². The van der Waals surface area contributed by atoms with Gasteiger partial charge in [-0.05, 0) is 28.1 Å². The first kappa shape index (κ1) is 11.4. The Kier molecular flexibility index (Phi) is 2.82. The molecule has 0 saturated heterocycles. The number of halogens is 5. The van der Waals surface area contributed by atoms with Gasteiger partial charge in [-0.1, -0.05) is 0 Å². The first-order valence-electron chi connectivity index (χ1n) is 3.30. The molecule has 0 N–H and O–H groups in total. The summed E-state index contributed by atoms with van der Waals surface area (Å²) in [4.78, 5) is 10.7. The fourth-order valence-electron chi connectivity index (χ4n) is 0.802. The van der Waals surface area contributed by atoms with E-state index in [-0.39, 0.29) is 4.48 Å². The van der Waals surface area contributed by atoms with E-state index in [2.05, 4.69) is 20.7 Å². The number of carbonyl (C=O) groups excluding carboxylic acids is 1. The number of carbonyl (C=O) groups is 1. The van der Waals surface area contributed by atoms with Crippen LogP contribution >= 0.6 is 15.9 Å². The molecule has 1 aliphatic carbocycles. The highest BCUT2D eigenvalue weighted by atomic mass is 79.9. The quantitative estimate of drug-likeness (QED) is 0.687. The maximum absolute atomic E-state index is 13.2. The lowest BCUT2D eigenvalue weighted by molar-refractivity contribution is -0.370. The van der Waals surface area contributed by atoms with Crippen LogP contribution in [-0.4, -0.2) is 18.0 Å². The Morgan fingerprint density at radius 2 is 2.00 bits per heavy atom. The summed E-state index contributed by atoms with van der Waals surface area (Å²) in [5, 5.41) is 0. The molecule has 0 aromatic heterocycles. The Labute approximate surface area is 84.3 Å². The summed E-state index contributed by atoms with van der Waals surface area (Å²) in [6, 6.07) is 0. The molecule has 0 spiro atoms. The zero-order valence-corrected chi connectivity index (χ0v) is 8.02. The number of allylic oxidation sites excluding steroid dienone is 2. The molecule has 0 amide bonds. The number of alkyl halides is 4. The third-order valence-electron chi connectivity index (χ3n) is 1.29. The molecule has 0 saturated carbocycles. The third-order valence-corrected chi connectivity index (χ3v) is 1.91. The van der Waals surface area contributed by atoms with Crippen LogP contribution in [0.3, 0.4) is 0 Å². The zero-order chi connectivity index (χ0) is 11.0. The summed E-state index contributed by atoms with van der Waals surface area (Å²) in [6.45, 7) is 0. The van der Waals surface area contributed by atoms with Gasteiger partial charge >= 0.3 is 6.36 Å². The Hall–Kier alpha value is -0.690. The summed E-state index contributed by atoms with van der Waals surface area (Å²) >= 11 is 2.61. The average Bonchev–Trinajstić information content (AvgIpc) is 1.94. The molecule has 1 atom stereocenters. The summed E-state index contributed by atoms with van der Waals surface area (Å²) in [6.07, 6.45) is -3.64. The van der Waals surface area contributed by atoms with Gasteiger partial charge in [0.15, 0.2) is 5.78 Å². The van der Waals surface area contributed by atoms with Crippen LogP contribution in [0.25, 0.3) is 0 Å². The fourth-order valence-corrected chi connectivity index (χ4v) is 1.25. The minimum absolute atomic E-state index is 0.313. The molecule has 14 heavy (non-hydrogen) atoms. The van der Waals surface area contributed by atoms with Crippen molar-refractivity contribution in [2.24, 2.45) is 0 Å². The average molecular weight is 275 g/mol. The van der Waals surface area contributed by atoms with E-state index in [1.54, 1.807) is 0 Å². The minimum atomic E-state index is -5.11. The number of hydrogen-bond donors (Lipinski definition) is 0. The predicted molar refractivity (Wildman–Crippen MR) is 42.1 cm³/mol. The highest BCUT2D eigenvalue weighted by Crippen LogP contribution is 2.33. The summed E-state index contributed by atoms with van der Waals surface area (Å²) < 4.78 is 51.1. The van der Waals surface area contributed by atoms with Gasteiger partial charge in [0.25, 0.3) is 5.85 Å². The first-order valence-corrected chi connectivity index (χ1v) is 4.09. The van der Waals surface area contributed by atoms with Gasteiger partial charge in [-0.3, -0.25) is 4.79 Å². The van der Waals surface area contributed by atoms with Gasteiger partial charge in [0, 0.05) is 6.08 Å². The Balaban J connectivity index is 2.88. The molecule has 0 heterocycles. The monoisotopic (exact) mass is 274 g/mol. The van der Waals surface area contributed by atoms with Gasteiger partial charge in [-0.25, -0.2) is 9.13 Å². The van der Waals surface area contributed by atoms with Crippen LogP contribution in [0, 0.1) is 0 Å². The predicted octanol–water partition coefficient (Wildman–Crippen LogP) is 2.61. The Bertz CT molecular complexity index is 320. The smallest absolute Gasteiger partial charge is 0.289 e. The van der Waals surface area contributed by atoms with Gasteiger partial charge in [0.05, 0.1) is 4.48 Å². The van der Waals surface area contributed by atoms with E-state index < -0.39 is 18.0 Å². The normalized spacial score (nSPS) is 27.8.